The quantitative estimate of drug-likeness (QED) is 0.133. The fourth-order valence-electron chi connectivity index (χ4n) is 4.07. The van der Waals surface area contributed by atoms with Gasteiger partial charge < -0.3 is 14.4 Å². The Labute approximate surface area is 266 Å². The number of halogens is 6. The number of nitrogens with zero attached hydrogens (tertiary/aromatic N) is 2. The highest BCUT2D eigenvalue weighted by Crippen LogP contribution is 2.41. The number of aromatic nitrogens is 1. The predicted octanol–water partition coefficient (Wildman–Crippen LogP) is 7.69. The molecule has 1 aliphatic heterocycles. The number of para-hydroxylation sites is 1. The standard InChI is InChI=1S/C27H24Cl6N2O6/c1-14(40-23(38)27(31,32)33)17-12-34(5)13-18(22(37)26(28,29)30)16(17)11-21(36)20-10-15-8-6-7-9-19(15)35(20)24(39)41-25(2,3)4/h6-10,12-13,16H,1,11H2,2-5H3. The number of fused-ring (bicyclic) bond motifs is 1. The van der Waals surface area contributed by atoms with Crippen molar-refractivity contribution < 1.29 is 28.7 Å². The molecule has 1 aliphatic rings. The first-order valence-corrected chi connectivity index (χ1v) is 14.1. The van der Waals surface area contributed by atoms with E-state index < -0.39 is 49.2 Å². The number of rotatable bonds is 6. The second-order valence-corrected chi connectivity index (χ2v) is 14.6. The molecule has 8 nitrogen and oxygen atoms in total. The summed E-state index contributed by atoms with van der Waals surface area (Å²) in [5, 5.41) is 0.593. The number of benzene rings is 1. The van der Waals surface area contributed by atoms with Gasteiger partial charge in [0.05, 0.1) is 11.2 Å². The van der Waals surface area contributed by atoms with E-state index >= 15 is 0 Å². The number of ether oxygens (including phenoxy) is 2. The zero-order chi connectivity index (χ0) is 31.1. The normalized spacial score (nSPS) is 16.1. The number of Topliss-reactive ketones (excluding diaryl/α,β-unsaturated/α-hetero) is 2. The minimum absolute atomic E-state index is 0.0247. The van der Waals surface area contributed by atoms with Crippen molar-refractivity contribution in [3.63, 3.8) is 0 Å². The molecule has 1 unspecified atom stereocenters. The van der Waals surface area contributed by atoms with Crippen LogP contribution in [0.5, 0.6) is 0 Å². The molecule has 0 saturated heterocycles. The Morgan fingerprint density at radius 3 is 2.07 bits per heavy atom. The van der Waals surface area contributed by atoms with Gasteiger partial charge in [-0.25, -0.2) is 14.2 Å². The molecule has 0 fully saturated rings. The Bertz CT molecular complexity index is 1490. The van der Waals surface area contributed by atoms with Crippen LogP contribution in [0.2, 0.25) is 0 Å². The smallest absolute Gasteiger partial charge is 0.419 e. The van der Waals surface area contributed by atoms with Crippen LogP contribution in [0.3, 0.4) is 0 Å². The number of carbonyl (C=O) groups is 4. The molecule has 0 aliphatic carbocycles. The van der Waals surface area contributed by atoms with Gasteiger partial charge in [0.1, 0.15) is 11.4 Å². The average Bonchev–Trinajstić information content (AvgIpc) is 3.22. The van der Waals surface area contributed by atoms with Gasteiger partial charge in [-0.15, -0.1) is 0 Å². The Hall–Kier alpha value is -2.20. The van der Waals surface area contributed by atoms with E-state index in [2.05, 4.69) is 6.58 Å². The van der Waals surface area contributed by atoms with Crippen molar-refractivity contribution >= 4 is 104 Å². The molecular weight excluding hydrogens is 661 g/mol. The Kier molecular flexibility index (Phi) is 9.90. The van der Waals surface area contributed by atoms with Crippen molar-refractivity contribution in [3.05, 3.63) is 71.9 Å². The third kappa shape index (κ3) is 8.00. The molecule has 220 valence electrons. The van der Waals surface area contributed by atoms with Gasteiger partial charge in [-0.1, -0.05) is 94.4 Å². The number of hydrogen-bond donors (Lipinski definition) is 0. The molecule has 0 amide bonds. The summed E-state index contributed by atoms with van der Waals surface area (Å²) in [7, 11) is 1.55. The van der Waals surface area contributed by atoms with Gasteiger partial charge in [-0.05, 0) is 32.9 Å². The number of ketones is 2. The van der Waals surface area contributed by atoms with Crippen LogP contribution in [0.25, 0.3) is 10.9 Å². The van der Waals surface area contributed by atoms with E-state index in [9.17, 15) is 19.2 Å². The zero-order valence-electron chi connectivity index (χ0n) is 22.1. The molecule has 0 bridgehead atoms. The fourth-order valence-corrected chi connectivity index (χ4v) is 4.52. The zero-order valence-corrected chi connectivity index (χ0v) is 26.7. The second-order valence-electron chi connectivity index (χ2n) is 10.1. The van der Waals surface area contributed by atoms with E-state index in [1.165, 1.54) is 23.4 Å². The highest BCUT2D eigenvalue weighted by molar-refractivity contribution is 6.77. The maximum absolute atomic E-state index is 13.9. The summed E-state index contributed by atoms with van der Waals surface area (Å²) in [5.41, 5.74) is -0.474. The van der Waals surface area contributed by atoms with Crippen LogP contribution >= 0.6 is 69.6 Å². The molecule has 1 atom stereocenters. The van der Waals surface area contributed by atoms with E-state index in [1.807, 2.05) is 0 Å². The molecule has 2 aromatic rings. The first-order valence-electron chi connectivity index (χ1n) is 11.8. The van der Waals surface area contributed by atoms with E-state index in [1.54, 1.807) is 52.1 Å². The summed E-state index contributed by atoms with van der Waals surface area (Å²) in [6, 6.07) is 8.37. The van der Waals surface area contributed by atoms with E-state index in [4.69, 9.17) is 79.1 Å². The first kappa shape index (κ1) is 33.3. The average molecular weight is 685 g/mol. The molecule has 0 spiro atoms. The largest absolute Gasteiger partial charge is 0.443 e. The number of hydrogen-bond acceptors (Lipinski definition) is 7. The highest BCUT2D eigenvalue weighted by Gasteiger charge is 2.42. The van der Waals surface area contributed by atoms with Gasteiger partial charge >= 0.3 is 12.1 Å². The Balaban J connectivity index is 2.11. The van der Waals surface area contributed by atoms with Gasteiger partial charge in [0.25, 0.3) is 7.59 Å². The lowest BCUT2D eigenvalue weighted by Crippen LogP contribution is -2.33. The fraction of sp³-hybridized carbons (Fsp3) is 0.333. The van der Waals surface area contributed by atoms with Crippen LogP contribution in [-0.4, -0.2) is 53.3 Å². The van der Waals surface area contributed by atoms with Crippen LogP contribution in [-0.2, 0) is 19.1 Å². The molecule has 0 radical (unpaired) electrons. The lowest BCUT2D eigenvalue weighted by Gasteiger charge is -2.31. The third-order valence-corrected chi connectivity index (χ3v) is 6.67. The van der Waals surface area contributed by atoms with Crippen molar-refractivity contribution in [2.24, 2.45) is 5.92 Å². The van der Waals surface area contributed by atoms with E-state index in [0.29, 0.717) is 10.9 Å². The van der Waals surface area contributed by atoms with Crippen LogP contribution in [0.4, 0.5) is 4.79 Å². The number of allylic oxidation sites excluding steroid dienone is 2. The maximum atomic E-state index is 13.9. The summed E-state index contributed by atoms with van der Waals surface area (Å²) in [6.07, 6.45) is 1.58. The number of esters is 1. The molecule has 0 saturated carbocycles. The SMILES string of the molecule is C=C(OC(=O)C(Cl)(Cl)Cl)C1=CN(C)C=C(C(=O)C(Cl)(Cl)Cl)C1CC(=O)c1cc2ccccc2n1C(=O)OC(C)(C)C. The highest BCUT2D eigenvalue weighted by atomic mass is 35.6. The minimum Gasteiger partial charge on any atom is -0.443 e. The minimum atomic E-state index is -2.43. The van der Waals surface area contributed by atoms with Crippen molar-refractivity contribution in [2.45, 2.75) is 40.4 Å². The van der Waals surface area contributed by atoms with Crippen LogP contribution in [0.1, 0.15) is 37.7 Å². The van der Waals surface area contributed by atoms with Gasteiger partial charge in [0, 0.05) is 48.3 Å². The van der Waals surface area contributed by atoms with Crippen LogP contribution in [0.15, 0.2) is 66.2 Å². The number of carbonyl (C=O) groups excluding carboxylic acids is 4. The topological polar surface area (TPSA) is 94.9 Å². The summed E-state index contributed by atoms with van der Waals surface area (Å²) in [6.45, 7) is 8.81. The molecule has 3 rings (SSSR count). The van der Waals surface area contributed by atoms with E-state index in [0.717, 1.165) is 4.57 Å². The summed E-state index contributed by atoms with van der Waals surface area (Å²) < 4.78 is 7.02. The number of alkyl halides is 6. The monoisotopic (exact) mass is 682 g/mol. The second kappa shape index (κ2) is 12.2. The predicted molar refractivity (Wildman–Crippen MR) is 161 cm³/mol. The molecule has 0 N–H and O–H groups in total. The summed E-state index contributed by atoms with van der Waals surface area (Å²) in [5.74, 6) is -4.26. The van der Waals surface area contributed by atoms with Crippen molar-refractivity contribution in [1.82, 2.24) is 9.47 Å². The lowest BCUT2D eigenvalue weighted by molar-refractivity contribution is -0.138. The van der Waals surface area contributed by atoms with Gasteiger partial charge in [-0.3, -0.25) is 9.59 Å². The summed E-state index contributed by atoms with van der Waals surface area (Å²) in [4.78, 5) is 54.0. The molecule has 2 heterocycles. The van der Waals surface area contributed by atoms with Crippen LogP contribution in [0, 0.1) is 5.92 Å². The Morgan fingerprint density at radius 2 is 1.51 bits per heavy atom. The lowest BCUT2D eigenvalue weighted by atomic mass is 9.82. The van der Waals surface area contributed by atoms with Crippen molar-refractivity contribution in [2.75, 3.05) is 7.05 Å². The molecule has 1 aromatic carbocycles. The van der Waals surface area contributed by atoms with Gasteiger partial charge in [0.15, 0.2) is 5.78 Å². The molecule has 14 heteroatoms. The van der Waals surface area contributed by atoms with Crippen LogP contribution < -0.4 is 0 Å². The third-order valence-electron chi connectivity index (χ3n) is 5.69. The molecular formula is C27H24Cl6N2O6. The summed E-state index contributed by atoms with van der Waals surface area (Å²) >= 11 is 34.7. The van der Waals surface area contributed by atoms with Gasteiger partial charge in [0.2, 0.25) is 5.78 Å². The maximum Gasteiger partial charge on any atom is 0.419 e. The molecule has 41 heavy (non-hydrogen) atoms. The van der Waals surface area contributed by atoms with Gasteiger partial charge in [-0.2, -0.15) is 0 Å². The van der Waals surface area contributed by atoms with E-state index in [-0.39, 0.29) is 22.6 Å². The molecule has 1 aromatic heterocycles. The Morgan fingerprint density at radius 1 is 0.927 bits per heavy atom. The first-order chi connectivity index (χ1) is 18.7. The van der Waals surface area contributed by atoms with Crippen molar-refractivity contribution in [1.29, 1.82) is 0 Å². The van der Waals surface area contributed by atoms with Crippen molar-refractivity contribution in [3.8, 4) is 0 Å².